The smallest absolute Gasteiger partial charge is 0.0963 e. The van der Waals surface area contributed by atoms with E-state index in [-0.39, 0.29) is 5.41 Å². The van der Waals surface area contributed by atoms with Crippen LogP contribution in [0, 0.1) is 5.41 Å². The Morgan fingerprint density at radius 1 is 0.958 bits per heavy atom. The summed E-state index contributed by atoms with van der Waals surface area (Å²) in [4.78, 5) is 8.93. The molecule has 0 saturated carbocycles. The van der Waals surface area contributed by atoms with Gasteiger partial charge in [-0.05, 0) is 53.8 Å². The molecule has 0 aliphatic carbocycles. The summed E-state index contributed by atoms with van der Waals surface area (Å²) in [5, 5.41) is 1.20. The largest absolute Gasteiger partial charge is 0.306 e. The zero-order chi connectivity index (χ0) is 16.7. The molecule has 0 unspecified atom stereocenters. The molecule has 4 aromatic rings. The fourth-order valence-corrected chi connectivity index (χ4v) is 3.37. The van der Waals surface area contributed by atoms with Crippen molar-refractivity contribution in [2.24, 2.45) is 5.41 Å². The highest BCUT2D eigenvalue weighted by atomic mass is 15.0. The topological polar surface area (TPSA) is 30.7 Å². The monoisotopic (exact) mass is 315 g/mol. The van der Waals surface area contributed by atoms with Gasteiger partial charge >= 0.3 is 0 Å². The zero-order valence-electron chi connectivity index (χ0n) is 14.3. The number of pyridine rings is 2. The number of benzene rings is 1. The lowest BCUT2D eigenvalue weighted by atomic mass is 9.88. The number of nitrogens with zero attached hydrogens (tertiary/aromatic N) is 3. The second-order valence-electron chi connectivity index (χ2n) is 7.51. The van der Waals surface area contributed by atoms with Crippen LogP contribution in [0.4, 0.5) is 0 Å². The predicted octanol–water partition coefficient (Wildman–Crippen LogP) is 5.16. The summed E-state index contributed by atoms with van der Waals surface area (Å²) >= 11 is 0. The Balaban J connectivity index is 2.02. The third-order valence-electron chi connectivity index (χ3n) is 4.22. The molecule has 3 heteroatoms. The highest BCUT2D eigenvalue weighted by molar-refractivity contribution is 6.07. The van der Waals surface area contributed by atoms with Crippen molar-refractivity contribution in [3.05, 3.63) is 66.6 Å². The van der Waals surface area contributed by atoms with E-state index in [0.717, 1.165) is 23.1 Å². The van der Waals surface area contributed by atoms with E-state index in [4.69, 9.17) is 0 Å². The average Bonchev–Trinajstić information content (AvgIpc) is 2.88. The van der Waals surface area contributed by atoms with Gasteiger partial charge in [0.15, 0.2) is 0 Å². The second kappa shape index (κ2) is 5.45. The van der Waals surface area contributed by atoms with Gasteiger partial charge in [0.25, 0.3) is 0 Å². The summed E-state index contributed by atoms with van der Waals surface area (Å²) in [6.45, 7) is 6.82. The van der Waals surface area contributed by atoms with E-state index in [2.05, 4.69) is 65.6 Å². The van der Waals surface area contributed by atoms with Gasteiger partial charge in [-0.1, -0.05) is 26.8 Å². The first-order chi connectivity index (χ1) is 11.5. The molecule has 1 aromatic carbocycles. The van der Waals surface area contributed by atoms with E-state index < -0.39 is 0 Å². The minimum atomic E-state index is 0.267. The van der Waals surface area contributed by atoms with Gasteiger partial charge < -0.3 is 4.57 Å². The van der Waals surface area contributed by atoms with E-state index >= 15 is 0 Å². The van der Waals surface area contributed by atoms with E-state index in [9.17, 15) is 0 Å². The molecule has 3 heterocycles. The van der Waals surface area contributed by atoms with Crippen molar-refractivity contribution >= 4 is 21.9 Å². The van der Waals surface area contributed by atoms with Gasteiger partial charge in [-0.3, -0.25) is 9.97 Å². The molecule has 0 bridgehead atoms. The molecule has 4 rings (SSSR count). The Labute approximate surface area is 142 Å². The van der Waals surface area contributed by atoms with Crippen LogP contribution in [0.3, 0.4) is 0 Å². The second-order valence-corrected chi connectivity index (χ2v) is 7.51. The van der Waals surface area contributed by atoms with Gasteiger partial charge in [-0.15, -0.1) is 0 Å². The fraction of sp³-hybridized carbons (Fsp3) is 0.238. The van der Waals surface area contributed by atoms with Crippen molar-refractivity contribution in [3.63, 3.8) is 0 Å². The van der Waals surface area contributed by atoms with E-state index in [0.29, 0.717) is 0 Å². The maximum atomic E-state index is 4.65. The fourth-order valence-electron chi connectivity index (χ4n) is 3.37. The Morgan fingerprint density at radius 3 is 2.54 bits per heavy atom. The molecule has 0 amide bonds. The van der Waals surface area contributed by atoms with Gasteiger partial charge in [0.1, 0.15) is 0 Å². The van der Waals surface area contributed by atoms with Crippen molar-refractivity contribution < 1.29 is 0 Å². The van der Waals surface area contributed by atoms with Gasteiger partial charge in [-0.25, -0.2) is 0 Å². The highest BCUT2D eigenvalue weighted by Gasteiger charge is 2.16. The van der Waals surface area contributed by atoms with Crippen LogP contribution < -0.4 is 0 Å². The average molecular weight is 315 g/mol. The molecule has 0 N–H and O–H groups in total. The van der Waals surface area contributed by atoms with Crippen molar-refractivity contribution in [2.75, 3.05) is 0 Å². The van der Waals surface area contributed by atoms with Crippen molar-refractivity contribution in [2.45, 2.75) is 27.2 Å². The van der Waals surface area contributed by atoms with Crippen LogP contribution in [0.1, 0.15) is 26.3 Å². The zero-order valence-corrected chi connectivity index (χ0v) is 14.3. The van der Waals surface area contributed by atoms with Crippen LogP contribution in [0.2, 0.25) is 0 Å². The number of aromatic nitrogens is 3. The number of fused-ring (bicyclic) bond motifs is 3. The highest BCUT2D eigenvalue weighted by Crippen LogP contribution is 2.32. The van der Waals surface area contributed by atoms with Crippen LogP contribution in [-0.2, 0) is 6.42 Å². The molecule has 24 heavy (non-hydrogen) atoms. The maximum absolute atomic E-state index is 4.65. The van der Waals surface area contributed by atoms with E-state index in [1.807, 2.05) is 24.5 Å². The van der Waals surface area contributed by atoms with Gasteiger partial charge in [0.05, 0.1) is 28.4 Å². The summed E-state index contributed by atoms with van der Waals surface area (Å²) in [6.07, 6.45) is 6.62. The Bertz CT molecular complexity index is 1010. The molecule has 0 spiro atoms. The lowest BCUT2D eigenvalue weighted by Crippen LogP contribution is -2.08. The normalized spacial score (nSPS) is 12.1. The van der Waals surface area contributed by atoms with Crippen molar-refractivity contribution in [1.29, 1.82) is 0 Å². The van der Waals surface area contributed by atoms with Crippen LogP contribution in [0.25, 0.3) is 27.6 Å². The molecule has 0 radical (unpaired) electrons. The van der Waals surface area contributed by atoms with Crippen molar-refractivity contribution in [1.82, 2.24) is 14.5 Å². The third kappa shape index (κ3) is 2.56. The van der Waals surface area contributed by atoms with Crippen LogP contribution in [-0.4, -0.2) is 14.5 Å². The van der Waals surface area contributed by atoms with E-state index in [1.165, 1.54) is 16.5 Å². The number of hydrogen-bond acceptors (Lipinski definition) is 2. The van der Waals surface area contributed by atoms with Crippen molar-refractivity contribution in [3.8, 4) is 5.69 Å². The first-order valence-corrected chi connectivity index (χ1v) is 8.31. The van der Waals surface area contributed by atoms with E-state index in [1.54, 1.807) is 6.20 Å². The number of hydrogen-bond donors (Lipinski definition) is 0. The van der Waals surface area contributed by atoms with Gasteiger partial charge in [-0.2, -0.15) is 0 Å². The summed E-state index contributed by atoms with van der Waals surface area (Å²) in [7, 11) is 0. The lowest BCUT2D eigenvalue weighted by molar-refractivity contribution is 0.411. The molecule has 0 fully saturated rings. The Hall–Kier alpha value is -2.68. The van der Waals surface area contributed by atoms with Gasteiger partial charge in [0, 0.05) is 17.8 Å². The standard InChI is InChI=1S/C21H21N3/c1-21(2,3)13-15-8-9-18-17(12-15)20-19(7-5-11-23-20)24(18)16-6-4-10-22-14-16/h4-12,14H,13H2,1-3H3. The minimum absolute atomic E-state index is 0.267. The SMILES string of the molecule is CC(C)(C)Cc1ccc2c(c1)c1ncccc1n2-c1cccnc1. The maximum Gasteiger partial charge on any atom is 0.0963 e. The molecule has 0 saturated heterocycles. The first-order valence-electron chi connectivity index (χ1n) is 8.31. The Morgan fingerprint density at radius 2 is 1.79 bits per heavy atom. The van der Waals surface area contributed by atoms with Crippen LogP contribution in [0.5, 0.6) is 0 Å². The predicted molar refractivity (Wildman–Crippen MR) is 99.5 cm³/mol. The summed E-state index contributed by atoms with van der Waals surface area (Å²) < 4.78 is 2.24. The van der Waals surface area contributed by atoms with Gasteiger partial charge in [0.2, 0.25) is 0 Å². The number of rotatable bonds is 2. The van der Waals surface area contributed by atoms with Crippen LogP contribution in [0.15, 0.2) is 61.1 Å². The molecule has 3 nitrogen and oxygen atoms in total. The minimum Gasteiger partial charge on any atom is -0.306 e. The summed E-state index contributed by atoms with van der Waals surface area (Å²) in [6, 6.07) is 14.9. The molecule has 0 atom stereocenters. The molecule has 120 valence electrons. The molecule has 0 aliphatic heterocycles. The van der Waals surface area contributed by atoms with Crippen LogP contribution >= 0.6 is 0 Å². The first kappa shape index (κ1) is 14.9. The molecule has 3 aromatic heterocycles. The summed E-state index contributed by atoms with van der Waals surface area (Å²) in [5.41, 5.74) is 6.03. The summed E-state index contributed by atoms with van der Waals surface area (Å²) in [5.74, 6) is 0. The quantitative estimate of drug-likeness (QED) is 0.511. The molecular weight excluding hydrogens is 294 g/mol. The molecule has 0 aliphatic rings. The third-order valence-corrected chi connectivity index (χ3v) is 4.22. The lowest BCUT2D eigenvalue weighted by Gasteiger charge is -2.18. The Kier molecular flexibility index (Phi) is 3.38. The molecular formula is C21H21N3.